The third-order valence-corrected chi connectivity index (χ3v) is 4.68. The van der Waals surface area contributed by atoms with Crippen molar-refractivity contribution in [3.05, 3.63) is 35.7 Å². The summed E-state index contributed by atoms with van der Waals surface area (Å²) in [6.07, 6.45) is 0. The molecule has 1 aromatic heterocycles. The number of hydrogen-bond acceptors (Lipinski definition) is 7. The number of nitrogens with two attached hydrogens (primary N) is 1. The summed E-state index contributed by atoms with van der Waals surface area (Å²) in [6, 6.07) is 9.45. The van der Waals surface area contributed by atoms with E-state index in [2.05, 4.69) is 4.37 Å². The van der Waals surface area contributed by atoms with Crippen molar-refractivity contribution in [2.24, 2.45) is 0 Å². The Morgan fingerprint density at radius 3 is 2.00 bits per heavy atom. The average Bonchev–Trinajstić information content (AvgIpc) is 3.16. The predicted molar refractivity (Wildman–Crippen MR) is 104 cm³/mol. The van der Waals surface area contributed by atoms with Crippen LogP contribution in [0.25, 0.3) is 22.4 Å². The first-order valence-corrected chi connectivity index (χ1v) is 8.65. The number of anilines is 1. The van der Waals surface area contributed by atoms with E-state index >= 15 is 0 Å². The molecule has 0 unspecified atom stereocenters. The van der Waals surface area contributed by atoms with Crippen LogP contribution in [-0.4, -0.2) is 32.8 Å². The minimum Gasteiger partial charge on any atom is -0.495 e. The van der Waals surface area contributed by atoms with Gasteiger partial charge in [-0.2, -0.15) is 4.37 Å². The molecule has 0 aliphatic heterocycles. The van der Waals surface area contributed by atoms with E-state index in [-0.39, 0.29) is 0 Å². The van der Waals surface area contributed by atoms with Crippen LogP contribution in [0.4, 0.5) is 5.69 Å². The minimum atomic E-state index is 0.546. The zero-order chi connectivity index (χ0) is 18.7. The molecule has 3 aromatic rings. The minimum absolute atomic E-state index is 0.546. The Morgan fingerprint density at radius 2 is 1.46 bits per heavy atom. The van der Waals surface area contributed by atoms with Crippen molar-refractivity contribution < 1.29 is 18.9 Å². The van der Waals surface area contributed by atoms with Gasteiger partial charge < -0.3 is 24.7 Å². The van der Waals surface area contributed by atoms with Crippen LogP contribution in [0.5, 0.6) is 23.0 Å². The maximum atomic E-state index is 6.06. The summed E-state index contributed by atoms with van der Waals surface area (Å²) in [6.45, 7) is 0. The fourth-order valence-corrected chi connectivity index (χ4v) is 3.48. The Labute approximate surface area is 156 Å². The van der Waals surface area contributed by atoms with Gasteiger partial charge in [-0.25, -0.2) is 0 Å². The Bertz CT molecular complexity index is 899. The van der Waals surface area contributed by atoms with E-state index in [0.717, 1.165) is 22.4 Å². The Morgan fingerprint density at radius 1 is 0.808 bits per heavy atom. The van der Waals surface area contributed by atoms with Gasteiger partial charge >= 0.3 is 0 Å². The predicted octanol–water partition coefficient (Wildman–Crippen LogP) is 4.09. The summed E-state index contributed by atoms with van der Waals surface area (Å²) < 4.78 is 26.1. The van der Waals surface area contributed by atoms with Crippen LogP contribution >= 0.6 is 11.5 Å². The molecule has 0 spiro atoms. The molecule has 6 nitrogen and oxygen atoms in total. The van der Waals surface area contributed by atoms with Crippen LogP contribution in [0.1, 0.15) is 0 Å². The largest absolute Gasteiger partial charge is 0.495 e. The van der Waals surface area contributed by atoms with E-state index in [1.54, 1.807) is 28.4 Å². The molecule has 2 aromatic carbocycles. The number of aromatic nitrogens is 1. The van der Waals surface area contributed by atoms with E-state index in [9.17, 15) is 0 Å². The van der Waals surface area contributed by atoms with E-state index in [0.29, 0.717) is 28.7 Å². The van der Waals surface area contributed by atoms with Crippen LogP contribution in [-0.2, 0) is 0 Å². The van der Waals surface area contributed by atoms with Gasteiger partial charge in [0.15, 0.2) is 11.5 Å². The second-order valence-corrected chi connectivity index (χ2v) is 6.08. The number of ether oxygens (including phenoxy) is 4. The van der Waals surface area contributed by atoms with Crippen LogP contribution in [0.2, 0.25) is 0 Å². The van der Waals surface area contributed by atoms with Crippen molar-refractivity contribution in [3.8, 4) is 45.4 Å². The first-order valence-electron chi connectivity index (χ1n) is 7.81. The molecule has 3 rings (SSSR count). The van der Waals surface area contributed by atoms with Crippen molar-refractivity contribution in [3.63, 3.8) is 0 Å². The quantitative estimate of drug-likeness (QED) is 0.657. The summed E-state index contributed by atoms with van der Waals surface area (Å²) in [5, 5.41) is 1.99. The topological polar surface area (TPSA) is 75.8 Å². The second kappa shape index (κ2) is 7.53. The number of benzene rings is 2. The molecule has 26 heavy (non-hydrogen) atoms. The third-order valence-electron chi connectivity index (χ3n) is 4.05. The van der Waals surface area contributed by atoms with Crippen LogP contribution in [0.3, 0.4) is 0 Å². The van der Waals surface area contributed by atoms with E-state index in [1.165, 1.54) is 11.5 Å². The van der Waals surface area contributed by atoms with Gasteiger partial charge in [-0.3, -0.25) is 0 Å². The van der Waals surface area contributed by atoms with Gasteiger partial charge in [0.25, 0.3) is 0 Å². The van der Waals surface area contributed by atoms with Crippen molar-refractivity contribution in [1.29, 1.82) is 0 Å². The summed E-state index contributed by atoms with van der Waals surface area (Å²) in [4.78, 5) is 0. The maximum Gasteiger partial charge on any atom is 0.203 e. The van der Waals surface area contributed by atoms with E-state index < -0.39 is 0 Å². The van der Waals surface area contributed by atoms with Crippen LogP contribution < -0.4 is 24.7 Å². The first-order chi connectivity index (χ1) is 12.6. The molecule has 136 valence electrons. The summed E-state index contributed by atoms with van der Waals surface area (Å²) >= 11 is 1.37. The van der Waals surface area contributed by atoms with Crippen LogP contribution in [0, 0.1) is 0 Å². The molecule has 1 heterocycles. The third kappa shape index (κ3) is 3.13. The number of rotatable bonds is 6. The lowest BCUT2D eigenvalue weighted by Crippen LogP contribution is -1.96. The van der Waals surface area contributed by atoms with Gasteiger partial charge in [0.1, 0.15) is 5.75 Å². The SMILES string of the molecule is COc1ccc(-c2csnc2-c2cc(OC)c(OC)c(OC)c2)cc1N. The van der Waals surface area contributed by atoms with Crippen molar-refractivity contribution in [1.82, 2.24) is 4.37 Å². The first kappa shape index (κ1) is 17.9. The number of nitrogen functional groups attached to an aromatic ring is 1. The number of methoxy groups -OCH3 is 4. The van der Waals surface area contributed by atoms with Gasteiger partial charge in [-0.1, -0.05) is 6.07 Å². The van der Waals surface area contributed by atoms with E-state index in [4.69, 9.17) is 24.7 Å². The van der Waals surface area contributed by atoms with Gasteiger partial charge in [0.05, 0.1) is 39.8 Å². The highest BCUT2D eigenvalue weighted by Crippen LogP contribution is 2.43. The molecular formula is C19H20N2O4S. The van der Waals surface area contributed by atoms with Gasteiger partial charge in [0.2, 0.25) is 5.75 Å². The molecule has 0 bridgehead atoms. The lowest BCUT2D eigenvalue weighted by atomic mass is 10.0. The molecule has 0 aliphatic rings. The Balaban J connectivity index is 2.13. The second-order valence-electron chi connectivity index (χ2n) is 5.45. The zero-order valence-electron chi connectivity index (χ0n) is 15.0. The summed E-state index contributed by atoms with van der Waals surface area (Å²) in [5.41, 5.74) is 10.2. The standard InChI is InChI=1S/C19H20N2O4S/c1-22-15-6-5-11(7-14(15)20)13-10-26-21-18(13)12-8-16(23-2)19(25-4)17(9-12)24-3/h5-10H,20H2,1-4H3. The summed E-state index contributed by atoms with van der Waals surface area (Å²) in [7, 11) is 6.35. The molecule has 0 saturated heterocycles. The molecule has 2 N–H and O–H groups in total. The fourth-order valence-electron chi connectivity index (χ4n) is 2.77. The zero-order valence-corrected chi connectivity index (χ0v) is 15.8. The molecule has 0 radical (unpaired) electrons. The highest BCUT2D eigenvalue weighted by molar-refractivity contribution is 7.04. The lowest BCUT2D eigenvalue weighted by molar-refractivity contribution is 0.324. The lowest BCUT2D eigenvalue weighted by Gasteiger charge is -2.14. The highest BCUT2D eigenvalue weighted by Gasteiger charge is 2.18. The van der Waals surface area contributed by atoms with Crippen LogP contribution in [0.15, 0.2) is 35.7 Å². The molecular weight excluding hydrogens is 352 g/mol. The Hall–Kier alpha value is -2.93. The molecule has 0 saturated carbocycles. The van der Waals surface area contributed by atoms with E-state index in [1.807, 2.05) is 35.7 Å². The summed E-state index contributed by atoms with van der Waals surface area (Å²) in [5.74, 6) is 2.35. The van der Waals surface area contributed by atoms with Gasteiger partial charge in [-0.05, 0) is 41.4 Å². The number of nitrogens with zero attached hydrogens (tertiary/aromatic N) is 1. The molecule has 7 heteroatoms. The number of hydrogen-bond donors (Lipinski definition) is 1. The van der Waals surface area contributed by atoms with Crippen molar-refractivity contribution in [2.45, 2.75) is 0 Å². The molecule has 0 amide bonds. The maximum absolute atomic E-state index is 6.06. The van der Waals surface area contributed by atoms with Gasteiger partial charge in [0, 0.05) is 16.5 Å². The molecule has 0 fully saturated rings. The van der Waals surface area contributed by atoms with Gasteiger partial charge in [-0.15, -0.1) is 0 Å². The Kier molecular flexibility index (Phi) is 5.18. The monoisotopic (exact) mass is 372 g/mol. The van der Waals surface area contributed by atoms with Crippen molar-refractivity contribution in [2.75, 3.05) is 34.2 Å². The molecule has 0 aliphatic carbocycles. The van der Waals surface area contributed by atoms with Crippen molar-refractivity contribution >= 4 is 17.2 Å². The average molecular weight is 372 g/mol. The normalized spacial score (nSPS) is 10.5. The molecule has 0 atom stereocenters. The highest BCUT2D eigenvalue weighted by atomic mass is 32.1. The fraction of sp³-hybridized carbons (Fsp3) is 0.211. The smallest absolute Gasteiger partial charge is 0.203 e.